The summed E-state index contributed by atoms with van der Waals surface area (Å²) in [7, 11) is 0. The highest BCUT2D eigenvalue weighted by atomic mass is 19.1. The van der Waals surface area contributed by atoms with Gasteiger partial charge in [0.1, 0.15) is 11.6 Å². The van der Waals surface area contributed by atoms with Crippen LogP contribution in [-0.2, 0) is 11.2 Å². The number of nitrogens with one attached hydrogen (secondary N) is 1. The molecular weight excluding hydrogens is 299 g/mol. The molecule has 0 aliphatic heterocycles. The molecule has 2 aromatic rings. The molecule has 23 heavy (non-hydrogen) atoms. The zero-order valence-electron chi connectivity index (χ0n) is 12.4. The van der Waals surface area contributed by atoms with Gasteiger partial charge in [-0.1, -0.05) is 12.1 Å². The van der Waals surface area contributed by atoms with Gasteiger partial charge in [-0.05, 0) is 48.4 Å². The van der Waals surface area contributed by atoms with Crippen LogP contribution in [0.5, 0.6) is 5.75 Å². The minimum Gasteiger partial charge on any atom is -0.484 e. The van der Waals surface area contributed by atoms with Crippen molar-refractivity contribution >= 4 is 11.8 Å². The van der Waals surface area contributed by atoms with E-state index in [2.05, 4.69) is 5.32 Å². The molecule has 0 radical (unpaired) electrons. The molecule has 0 unspecified atom stereocenters. The van der Waals surface area contributed by atoms with E-state index in [1.165, 1.54) is 24.3 Å². The van der Waals surface area contributed by atoms with Gasteiger partial charge in [0.25, 0.3) is 5.91 Å². The number of primary amides is 1. The molecule has 0 aliphatic carbocycles. The van der Waals surface area contributed by atoms with E-state index in [4.69, 9.17) is 10.5 Å². The van der Waals surface area contributed by atoms with E-state index >= 15 is 0 Å². The number of carbonyl (C=O) groups excluding carboxylic acids is 2. The SMILES string of the molecule is NC(=O)c1ccc(OCC(=O)NCCc2ccc(F)cc2)cc1. The largest absolute Gasteiger partial charge is 0.484 e. The lowest BCUT2D eigenvalue weighted by Crippen LogP contribution is -2.30. The Balaban J connectivity index is 1.70. The Morgan fingerprint density at radius 3 is 2.30 bits per heavy atom. The molecule has 0 atom stereocenters. The average Bonchev–Trinajstić information content (AvgIpc) is 2.55. The molecular formula is C17H17FN2O3. The quantitative estimate of drug-likeness (QED) is 0.815. The molecule has 0 heterocycles. The fourth-order valence-electron chi connectivity index (χ4n) is 1.91. The third kappa shape index (κ3) is 5.43. The minimum absolute atomic E-state index is 0.126. The van der Waals surface area contributed by atoms with Crippen LogP contribution in [0.3, 0.4) is 0 Å². The maximum Gasteiger partial charge on any atom is 0.257 e. The monoisotopic (exact) mass is 316 g/mol. The van der Waals surface area contributed by atoms with E-state index in [1.54, 1.807) is 24.3 Å². The third-order valence-electron chi connectivity index (χ3n) is 3.16. The first-order chi connectivity index (χ1) is 11.0. The molecule has 0 saturated heterocycles. The molecule has 0 bridgehead atoms. The van der Waals surface area contributed by atoms with Crippen LogP contribution >= 0.6 is 0 Å². The van der Waals surface area contributed by atoms with Gasteiger partial charge in [-0.25, -0.2) is 4.39 Å². The summed E-state index contributed by atoms with van der Waals surface area (Å²) in [5.41, 5.74) is 6.45. The Kier molecular flexibility index (Phi) is 5.68. The van der Waals surface area contributed by atoms with Crippen molar-refractivity contribution in [1.82, 2.24) is 5.32 Å². The maximum absolute atomic E-state index is 12.8. The van der Waals surface area contributed by atoms with Crippen molar-refractivity contribution in [1.29, 1.82) is 0 Å². The normalized spacial score (nSPS) is 10.1. The topological polar surface area (TPSA) is 81.4 Å². The predicted molar refractivity (Wildman–Crippen MR) is 83.6 cm³/mol. The lowest BCUT2D eigenvalue weighted by molar-refractivity contribution is -0.123. The van der Waals surface area contributed by atoms with E-state index in [0.29, 0.717) is 24.3 Å². The summed E-state index contributed by atoms with van der Waals surface area (Å²) in [5.74, 6) is -0.585. The molecule has 0 aromatic heterocycles. The molecule has 0 saturated carbocycles. The van der Waals surface area contributed by atoms with E-state index in [-0.39, 0.29) is 18.3 Å². The zero-order valence-corrected chi connectivity index (χ0v) is 12.4. The summed E-state index contributed by atoms with van der Waals surface area (Å²) in [6.45, 7) is 0.313. The van der Waals surface area contributed by atoms with Crippen molar-refractivity contribution < 1.29 is 18.7 Å². The van der Waals surface area contributed by atoms with Gasteiger partial charge in [0.05, 0.1) is 0 Å². The van der Waals surface area contributed by atoms with E-state index in [9.17, 15) is 14.0 Å². The number of benzene rings is 2. The number of hydrogen-bond acceptors (Lipinski definition) is 3. The Hall–Kier alpha value is -2.89. The van der Waals surface area contributed by atoms with Crippen LogP contribution in [0.1, 0.15) is 15.9 Å². The van der Waals surface area contributed by atoms with Gasteiger partial charge >= 0.3 is 0 Å². The maximum atomic E-state index is 12.8. The number of carbonyl (C=O) groups is 2. The van der Waals surface area contributed by atoms with Gasteiger partial charge < -0.3 is 15.8 Å². The van der Waals surface area contributed by atoms with Crippen LogP contribution in [-0.4, -0.2) is 25.0 Å². The lowest BCUT2D eigenvalue weighted by Gasteiger charge is -2.08. The summed E-state index contributed by atoms with van der Waals surface area (Å²) >= 11 is 0. The fraction of sp³-hybridized carbons (Fsp3) is 0.176. The summed E-state index contributed by atoms with van der Waals surface area (Å²) in [6.07, 6.45) is 0.610. The molecule has 0 fully saturated rings. The molecule has 0 aliphatic rings. The second-order valence-electron chi connectivity index (χ2n) is 4.90. The van der Waals surface area contributed by atoms with Gasteiger partial charge in [-0.3, -0.25) is 9.59 Å². The number of rotatable bonds is 7. The van der Waals surface area contributed by atoms with Crippen LogP contribution in [0.15, 0.2) is 48.5 Å². The summed E-state index contributed by atoms with van der Waals surface area (Å²) in [5, 5.41) is 2.71. The van der Waals surface area contributed by atoms with Crippen LogP contribution in [0.2, 0.25) is 0 Å². The zero-order chi connectivity index (χ0) is 16.7. The van der Waals surface area contributed by atoms with Crippen molar-refractivity contribution in [3.8, 4) is 5.75 Å². The van der Waals surface area contributed by atoms with Crippen LogP contribution in [0.25, 0.3) is 0 Å². The van der Waals surface area contributed by atoms with Gasteiger partial charge in [0.15, 0.2) is 6.61 Å². The number of hydrogen-bond donors (Lipinski definition) is 2. The smallest absolute Gasteiger partial charge is 0.257 e. The van der Waals surface area contributed by atoms with Gasteiger partial charge in [-0.15, -0.1) is 0 Å². The number of halogens is 1. The Labute approximate surface area is 133 Å². The highest BCUT2D eigenvalue weighted by molar-refractivity contribution is 5.92. The van der Waals surface area contributed by atoms with Crippen molar-refractivity contribution in [3.63, 3.8) is 0 Å². The molecule has 6 heteroatoms. The standard InChI is InChI=1S/C17H17FN2O3/c18-14-5-1-12(2-6-14)9-10-20-16(21)11-23-15-7-3-13(4-8-15)17(19)22/h1-8H,9-11H2,(H2,19,22)(H,20,21). The van der Waals surface area contributed by atoms with Gasteiger partial charge in [-0.2, -0.15) is 0 Å². The van der Waals surface area contributed by atoms with Crippen molar-refractivity contribution in [3.05, 3.63) is 65.5 Å². The average molecular weight is 316 g/mol. The molecule has 5 nitrogen and oxygen atoms in total. The molecule has 0 spiro atoms. The van der Waals surface area contributed by atoms with Crippen LogP contribution in [0, 0.1) is 5.82 Å². The first kappa shape index (κ1) is 16.5. The molecule has 2 rings (SSSR count). The van der Waals surface area contributed by atoms with Gasteiger partial charge in [0.2, 0.25) is 5.91 Å². The van der Waals surface area contributed by atoms with Crippen LogP contribution < -0.4 is 15.8 Å². The first-order valence-electron chi connectivity index (χ1n) is 7.08. The van der Waals surface area contributed by atoms with Crippen molar-refractivity contribution in [2.45, 2.75) is 6.42 Å². The van der Waals surface area contributed by atoms with Crippen molar-refractivity contribution in [2.75, 3.05) is 13.2 Å². The van der Waals surface area contributed by atoms with E-state index < -0.39 is 5.91 Å². The summed E-state index contributed by atoms with van der Waals surface area (Å²) < 4.78 is 18.1. The minimum atomic E-state index is -0.518. The third-order valence-corrected chi connectivity index (χ3v) is 3.16. The first-order valence-corrected chi connectivity index (χ1v) is 7.08. The van der Waals surface area contributed by atoms with E-state index in [1.807, 2.05) is 0 Å². The van der Waals surface area contributed by atoms with Crippen LogP contribution in [0.4, 0.5) is 4.39 Å². The Morgan fingerprint density at radius 1 is 1.04 bits per heavy atom. The predicted octanol–water partition coefficient (Wildman–Crippen LogP) is 1.66. The molecule has 2 amide bonds. The van der Waals surface area contributed by atoms with E-state index in [0.717, 1.165) is 5.56 Å². The fourth-order valence-corrected chi connectivity index (χ4v) is 1.91. The second-order valence-corrected chi connectivity index (χ2v) is 4.90. The number of amides is 2. The number of nitrogens with two attached hydrogens (primary N) is 1. The molecule has 120 valence electrons. The van der Waals surface area contributed by atoms with Gasteiger partial charge in [0, 0.05) is 12.1 Å². The highest BCUT2D eigenvalue weighted by Crippen LogP contribution is 2.11. The Bertz CT molecular complexity index is 669. The summed E-state index contributed by atoms with van der Waals surface area (Å²) in [6, 6.07) is 12.3. The molecule has 2 aromatic carbocycles. The second kappa shape index (κ2) is 7.93. The van der Waals surface area contributed by atoms with Crippen molar-refractivity contribution in [2.24, 2.45) is 5.73 Å². The molecule has 3 N–H and O–H groups in total. The lowest BCUT2D eigenvalue weighted by atomic mass is 10.1. The highest BCUT2D eigenvalue weighted by Gasteiger charge is 2.04. The number of ether oxygens (including phenoxy) is 1. The Morgan fingerprint density at radius 2 is 1.70 bits per heavy atom. The summed E-state index contributed by atoms with van der Waals surface area (Å²) in [4.78, 5) is 22.6.